The summed E-state index contributed by atoms with van der Waals surface area (Å²) < 4.78 is 249. The van der Waals surface area contributed by atoms with E-state index in [4.69, 9.17) is 9.31 Å². The van der Waals surface area contributed by atoms with Crippen LogP contribution in [-0.4, -0.2) is 7.12 Å². The molecule has 7 rings (SSSR count). The molecule has 1 aliphatic rings. The van der Waals surface area contributed by atoms with E-state index < -0.39 is 139 Å². The zero-order valence-corrected chi connectivity index (χ0v) is 25.7. The van der Waals surface area contributed by atoms with Gasteiger partial charge in [0.15, 0.2) is 81.4 Å². The summed E-state index contributed by atoms with van der Waals surface area (Å²) in [5.74, 6) is -48.5. The molecule has 0 aliphatic heterocycles. The summed E-state index contributed by atoms with van der Waals surface area (Å²) in [6, 6.07) is 10.0. The summed E-state index contributed by atoms with van der Waals surface area (Å²) in [6.07, 6.45) is -0.0950. The summed E-state index contributed by atoms with van der Waals surface area (Å²) in [6.45, 7) is 0. The van der Waals surface area contributed by atoms with E-state index in [2.05, 4.69) is 0 Å². The van der Waals surface area contributed by atoms with Crippen LogP contribution in [0, 0.1) is 93.1 Å². The first-order valence-corrected chi connectivity index (χ1v) is 14.7. The lowest BCUT2D eigenvalue weighted by molar-refractivity contribution is 0.365. The maximum absolute atomic E-state index is 15.9. The van der Waals surface area contributed by atoms with Crippen molar-refractivity contribution in [3.05, 3.63) is 147 Å². The van der Waals surface area contributed by atoms with Gasteiger partial charge in [-0.2, -0.15) is 4.39 Å². The molecule has 276 valence electrons. The summed E-state index contributed by atoms with van der Waals surface area (Å²) in [7, 11) is -3.39. The van der Waals surface area contributed by atoms with Gasteiger partial charge in [0.1, 0.15) is 5.75 Å². The van der Waals surface area contributed by atoms with Gasteiger partial charge in [-0.25, -0.2) is 65.9 Å². The minimum absolute atomic E-state index is 0.0698. The van der Waals surface area contributed by atoms with E-state index in [-0.39, 0.29) is 12.0 Å². The van der Waals surface area contributed by atoms with E-state index in [1.807, 2.05) is 0 Å². The van der Waals surface area contributed by atoms with Gasteiger partial charge in [-0.1, -0.05) is 36.4 Å². The van der Waals surface area contributed by atoms with Crippen LogP contribution in [0.2, 0.25) is 0 Å². The Bertz CT molecular complexity index is 2590. The highest BCUT2D eigenvalue weighted by Gasteiger charge is 2.44. The lowest BCUT2D eigenvalue weighted by Crippen LogP contribution is -2.46. The molecule has 1 aliphatic carbocycles. The molecule has 0 amide bonds. The van der Waals surface area contributed by atoms with Crippen LogP contribution in [-0.2, 0) is 6.42 Å². The fourth-order valence-corrected chi connectivity index (χ4v) is 6.12. The van der Waals surface area contributed by atoms with Gasteiger partial charge < -0.3 is 9.31 Å². The SMILES string of the molecule is Fc1c(F)c(F)c(-c2c(F)c(F)c(F)c(F)c2OB(Oc2cccc3c2Cc2ccccc2-3)c2c(F)c(F)c(F)c3c(F)c(F)c(F)c(F)c23)c(F)c1F. The van der Waals surface area contributed by atoms with Gasteiger partial charge in [0, 0.05) is 17.4 Å². The minimum atomic E-state index is -3.39. The van der Waals surface area contributed by atoms with Gasteiger partial charge in [-0.05, 0) is 22.8 Å². The molecular weight excluding hydrogens is 767 g/mol. The topological polar surface area (TPSA) is 18.5 Å². The Morgan fingerprint density at radius 1 is 0.389 bits per heavy atom. The highest BCUT2D eigenvalue weighted by Crippen LogP contribution is 2.45. The predicted octanol–water partition coefficient (Wildman–Crippen LogP) is 10.2. The maximum atomic E-state index is 15.9. The Morgan fingerprint density at radius 3 is 1.46 bits per heavy atom. The van der Waals surface area contributed by atoms with Crippen LogP contribution in [0.4, 0.5) is 70.2 Å². The van der Waals surface area contributed by atoms with E-state index >= 15 is 30.7 Å². The summed E-state index contributed by atoms with van der Waals surface area (Å²) >= 11 is 0. The van der Waals surface area contributed by atoms with Crippen LogP contribution in [0.5, 0.6) is 11.5 Å². The lowest BCUT2D eigenvalue weighted by Gasteiger charge is -2.24. The van der Waals surface area contributed by atoms with Crippen molar-refractivity contribution in [2.24, 2.45) is 0 Å². The Kier molecular flexibility index (Phi) is 8.72. The molecule has 54 heavy (non-hydrogen) atoms. The average Bonchev–Trinajstić information content (AvgIpc) is 3.55. The normalized spacial score (nSPS) is 12.0. The molecule has 0 bridgehead atoms. The third-order valence-electron chi connectivity index (χ3n) is 8.56. The van der Waals surface area contributed by atoms with Crippen molar-refractivity contribution in [2.45, 2.75) is 6.42 Å². The number of hydrogen-bond donors (Lipinski definition) is 0. The van der Waals surface area contributed by atoms with Crippen molar-refractivity contribution in [1.29, 1.82) is 0 Å². The number of benzene rings is 6. The molecule has 0 saturated heterocycles. The Labute approximate surface area is 289 Å². The van der Waals surface area contributed by atoms with Gasteiger partial charge in [0.05, 0.1) is 22.0 Å². The molecule has 0 radical (unpaired) electrons. The van der Waals surface area contributed by atoms with E-state index in [9.17, 15) is 39.5 Å². The second-order valence-electron chi connectivity index (χ2n) is 11.5. The van der Waals surface area contributed by atoms with Gasteiger partial charge in [-0.3, -0.25) is 0 Å². The molecule has 0 atom stereocenters. The Morgan fingerprint density at radius 2 is 0.852 bits per heavy atom. The van der Waals surface area contributed by atoms with E-state index in [1.165, 1.54) is 12.1 Å². The van der Waals surface area contributed by atoms with Crippen molar-refractivity contribution in [3.63, 3.8) is 0 Å². The molecule has 19 heteroatoms. The number of fused-ring (bicyclic) bond motifs is 4. The van der Waals surface area contributed by atoms with Crippen LogP contribution in [0.25, 0.3) is 33.0 Å². The summed E-state index contributed by atoms with van der Waals surface area (Å²) in [5, 5.41) is -4.27. The highest BCUT2D eigenvalue weighted by molar-refractivity contribution is 6.66. The molecule has 0 aromatic heterocycles. The smallest absolute Gasteiger partial charge is 0.522 e. The summed E-state index contributed by atoms with van der Waals surface area (Å²) in [5.41, 5.74) is -5.61. The van der Waals surface area contributed by atoms with Crippen molar-refractivity contribution in [2.75, 3.05) is 0 Å². The number of rotatable bonds is 6. The second-order valence-corrected chi connectivity index (χ2v) is 11.5. The molecule has 6 aromatic carbocycles. The maximum Gasteiger partial charge on any atom is 0.636 e. The van der Waals surface area contributed by atoms with Crippen LogP contribution < -0.4 is 14.8 Å². The molecule has 0 unspecified atom stereocenters. The standard InChI is InChI=1S/C35H9BF16O2/c37-19-14-15(21(39)28(46)27(19)45)20(38)26(44)25(43)18(14)36(53-13-7-3-6-11-10-5-2-1-4-9(10)8-12(11)13)54-35-17(24(42)31(49)33(51)34(35)52)16-22(40)29(47)32(50)30(48)23(16)41/h1-7H,8H2. The van der Waals surface area contributed by atoms with Crippen LogP contribution >= 0.6 is 0 Å². The Hall–Kier alpha value is -5.88. The van der Waals surface area contributed by atoms with E-state index in [0.29, 0.717) is 16.7 Å². The fraction of sp³-hybridized carbons (Fsp3) is 0.0286. The highest BCUT2D eigenvalue weighted by atomic mass is 19.2. The number of halogens is 16. The van der Waals surface area contributed by atoms with Crippen LogP contribution in [0.1, 0.15) is 11.1 Å². The van der Waals surface area contributed by atoms with Crippen LogP contribution in [0.3, 0.4) is 0 Å². The molecule has 0 fully saturated rings. The van der Waals surface area contributed by atoms with E-state index in [1.54, 1.807) is 24.3 Å². The lowest BCUT2D eigenvalue weighted by atomic mass is 9.74. The quantitative estimate of drug-likeness (QED) is 0.0725. The Balaban J connectivity index is 1.57. The van der Waals surface area contributed by atoms with E-state index in [0.717, 1.165) is 6.07 Å². The molecule has 0 heterocycles. The zero-order valence-electron chi connectivity index (χ0n) is 25.7. The summed E-state index contributed by atoms with van der Waals surface area (Å²) in [4.78, 5) is 0. The van der Waals surface area contributed by atoms with Crippen molar-refractivity contribution in [3.8, 4) is 33.8 Å². The molecule has 0 saturated carbocycles. The minimum Gasteiger partial charge on any atom is -0.522 e. The third-order valence-corrected chi connectivity index (χ3v) is 8.56. The molecule has 6 aromatic rings. The largest absolute Gasteiger partial charge is 0.636 e. The molecule has 0 spiro atoms. The predicted molar refractivity (Wildman–Crippen MR) is 156 cm³/mol. The second kappa shape index (κ2) is 12.9. The number of hydrogen-bond acceptors (Lipinski definition) is 2. The van der Waals surface area contributed by atoms with Gasteiger partial charge in [0.2, 0.25) is 17.5 Å². The average molecular weight is 776 g/mol. The van der Waals surface area contributed by atoms with Crippen molar-refractivity contribution < 1.29 is 79.6 Å². The third kappa shape index (κ3) is 5.14. The van der Waals surface area contributed by atoms with Crippen molar-refractivity contribution in [1.82, 2.24) is 0 Å². The molecular formula is C35H9BF16O2. The fourth-order valence-electron chi connectivity index (χ4n) is 6.12. The van der Waals surface area contributed by atoms with Gasteiger partial charge in [-0.15, -0.1) is 0 Å². The first-order chi connectivity index (χ1) is 25.5. The van der Waals surface area contributed by atoms with Gasteiger partial charge >= 0.3 is 7.12 Å². The first kappa shape index (κ1) is 36.5. The zero-order chi connectivity index (χ0) is 39.2. The van der Waals surface area contributed by atoms with Gasteiger partial charge in [0.25, 0.3) is 0 Å². The molecule has 0 N–H and O–H groups in total. The molecule has 2 nitrogen and oxygen atoms in total. The first-order valence-electron chi connectivity index (χ1n) is 14.7. The van der Waals surface area contributed by atoms with Crippen LogP contribution in [0.15, 0.2) is 42.5 Å². The monoisotopic (exact) mass is 776 g/mol. The van der Waals surface area contributed by atoms with Crippen molar-refractivity contribution >= 4 is 23.4 Å².